The Morgan fingerprint density at radius 3 is 2.93 bits per heavy atom. The number of aryl methyl sites for hydroxylation is 1. The number of anilines is 1. The number of rotatable bonds is 6. The third-order valence-electron chi connectivity index (χ3n) is 5.53. The molecule has 1 aliphatic carbocycles. The number of fused-ring (bicyclic) bond motifs is 2. The first-order valence-corrected chi connectivity index (χ1v) is 11.1. The fraction of sp³-hybridized carbons (Fsp3) is 0.364. The minimum absolute atomic E-state index is 0.134. The number of carbonyl (C=O) groups excluding carboxylic acids is 1. The van der Waals surface area contributed by atoms with Gasteiger partial charge in [0.15, 0.2) is 12.4 Å². The maximum Gasteiger partial charge on any atom is 0.280 e. The van der Waals surface area contributed by atoms with Crippen molar-refractivity contribution in [2.75, 3.05) is 18.4 Å². The van der Waals surface area contributed by atoms with Gasteiger partial charge in [-0.1, -0.05) is 12.1 Å². The summed E-state index contributed by atoms with van der Waals surface area (Å²) in [5, 5.41) is 13.8. The third kappa shape index (κ3) is 4.13. The number of thiophene rings is 1. The minimum atomic E-state index is -0.168. The number of H-pyrrole nitrogens is 1. The van der Waals surface area contributed by atoms with E-state index in [4.69, 9.17) is 0 Å². The highest BCUT2D eigenvalue weighted by Crippen LogP contribution is 2.37. The number of para-hydroxylation sites is 1. The quantitative estimate of drug-likeness (QED) is 0.563. The molecular weight excluding hydrogens is 398 g/mol. The van der Waals surface area contributed by atoms with Crippen LogP contribution >= 0.6 is 11.3 Å². The first-order chi connectivity index (χ1) is 14.6. The van der Waals surface area contributed by atoms with E-state index in [2.05, 4.69) is 21.4 Å². The van der Waals surface area contributed by atoms with Crippen LogP contribution in [0.1, 0.15) is 41.6 Å². The van der Waals surface area contributed by atoms with Gasteiger partial charge in [0.2, 0.25) is 0 Å². The number of nitriles is 1. The van der Waals surface area contributed by atoms with Crippen molar-refractivity contribution in [2.45, 2.75) is 39.2 Å². The highest BCUT2D eigenvalue weighted by atomic mass is 32.1. The van der Waals surface area contributed by atoms with Crippen LogP contribution in [0.2, 0.25) is 0 Å². The van der Waals surface area contributed by atoms with E-state index in [-0.39, 0.29) is 18.0 Å². The summed E-state index contributed by atoms with van der Waals surface area (Å²) in [7, 11) is 0. The first kappa shape index (κ1) is 20.3. The normalized spacial score (nSPS) is 14.1. The third-order valence-corrected chi connectivity index (χ3v) is 6.73. The summed E-state index contributed by atoms with van der Waals surface area (Å²) in [6.07, 6.45) is 4.13. The van der Waals surface area contributed by atoms with Gasteiger partial charge in [-0.15, -0.1) is 11.3 Å². The number of nitrogens with zero attached hydrogens (tertiary/aromatic N) is 2. The highest BCUT2D eigenvalue weighted by molar-refractivity contribution is 7.16. The Bertz CT molecular complexity index is 1190. The van der Waals surface area contributed by atoms with Gasteiger partial charge < -0.3 is 15.2 Å². The molecule has 1 aromatic carbocycles. The smallest absolute Gasteiger partial charge is 0.280 e. The standard InChI is InChI=1S/C22H23N5O2S/c1-2-27(12-19-24-17-9-5-3-8-15(17)21(29)25-19)13-20(28)26-22-16(11-23)14-7-4-6-10-18(14)30-22/h3,5,8-9H,2,4,6-7,10,12-13H2,1H3,(H,26,28)(H,24,25,29)/p+1. The van der Waals surface area contributed by atoms with Gasteiger partial charge in [-0.2, -0.15) is 5.26 Å². The molecule has 1 atom stereocenters. The molecule has 1 aliphatic rings. The number of nitrogens with one attached hydrogen (secondary N) is 3. The van der Waals surface area contributed by atoms with Gasteiger partial charge in [0.05, 0.1) is 23.0 Å². The van der Waals surface area contributed by atoms with E-state index in [9.17, 15) is 14.9 Å². The van der Waals surface area contributed by atoms with E-state index in [1.165, 1.54) is 16.2 Å². The number of hydrogen-bond acceptors (Lipinski definition) is 5. The molecule has 4 rings (SSSR count). The average Bonchev–Trinajstić information content (AvgIpc) is 3.10. The molecule has 1 unspecified atom stereocenters. The van der Waals surface area contributed by atoms with E-state index >= 15 is 0 Å². The van der Waals surface area contributed by atoms with Gasteiger partial charge >= 0.3 is 0 Å². The predicted octanol–water partition coefficient (Wildman–Crippen LogP) is 1.78. The number of quaternary nitrogens is 1. The summed E-state index contributed by atoms with van der Waals surface area (Å²) in [6, 6.07) is 9.50. The first-order valence-electron chi connectivity index (χ1n) is 10.2. The van der Waals surface area contributed by atoms with Crippen LogP contribution in [0.15, 0.2) is 29.1 Å². The molecule has 0 saturated carbocycles. The molecule has 154 valence electrons. The molecule has 0 aliphatic heterocycles. The Morgan fingerprint density at radius 1 is 1.33 bits per heavy atom. The lowest BCUT2D eigenvalue weighted by Crippen LogP contribution is -3.11. The molecule has 0 spiro atoms. The Kier molecular flexibility index (Phi) is 5.93. The molecule has 30 heavy (non-hydrogen) atoms. The summed E-state index contributed by atoms with van der Waals surface area (Å²) >= 11 is 1.53. The molecule has 3 aromatic rings. The molecule has 1 amide bonds. The van der Waals surface area contributed by atoms with E-state index in [1.807, 2.05) is 25.1 Å². The molecule has 2 aromatic heterocycles. The number of aromatic nitrogens is 2. The molecule has 0 radical (unpaired) electrons. The topological polar surface area (TPSA) is 103 Å². The summed E-state index contributed by atoms with van der Waals surface area (Å²) in [5.41, 5.74) is 2.22. The number of aromatic amines is 1. The van der Waals surface area contributed by atoms with Crippen molar-refractivity contribution in [2.24, 2.45) is 0 Å². The van der Waals surface area contributed by atoms with Gasteiger partial charge in [0, 0.05) is 4.88 Å². The SMILES string of the molecule is CC[NH+](CC(=O)Nc1sc2c(c1C#N)CCCC2)Cc1nc2ccccc2c(=O)[nH]1. The van der Waals surface area contributed by atoms with Crippen LogP contribution < -0.4 is 15.8 Å². The monoisotopic (exact) mass is 422 g/mol. The van der Waals surface area contributed by atoms with Crippen LogP contribution in [0.4, 0.5) is 5.00 Å². The maximum absolute atomic E-state index is 12.7. The van der Waals surface area contributed by atoms with Crippen LogP contribution in [0.3, 0.4) is 0 Å². The van der Waals surface area contributed by atoms with Crippen LogP contribution in [-0.2, 0) is 24.2 Å². The number of benzene rings is 1. The van der Waals surface area contributed by atoms with Crippen molar-refractivity contribution in [1.82, 2.24) is 9.97 Å². The summed E-state index contributed by atoms with van der Waals surface area (Å²) < 4.78 is 0. The highest BCUT2D eigenvalue weighted by Gasteiger charge is 2.23. The van der Waals surface area contributed by atoms with Crippen molar-refractivity contribution >= 4 is 33.1 Å². The Morgan fingerprint density at radius 2 is 2.13 bits per heavy atom. The second-order valence-electron chi connectivity index (χ2n) is 7.56. The Hall–Kier alpha value is -3.02. The van der Waals surface area contributed by atoms with Gasteiger partial charge in [-0.3, -0.25) is 9.59 Å². The van der Waals surface area contributed by atoms with E-state index in [1.54, 1.807) is 6.07 Å². The van der Waals surface area contributed by atoms with Crippen molar-refractivity contribution < 1.29 is 9.69 Å². The molecule has 2 heterocycles. The van der Waals surface area contributed by atoms with Crippen LogP contribution in [-0.4, -0.2) is 29.0 Å². The number of carbonyl (C=O) groups is 1. The zero-order valence-electron chi connectivity index (χ0n) is 16.9. The van der Waals surface area contributed by atoms with E-state index < -0.39 is 0 Å². The Labute approximate surface area is 178 Å². The number of likely N-dealkylation sites (N-methyl/N-ethyl adjacent to an activating group) is 1. The van der Waals surface area contributed by atoms with Gasteiger partial charge in [0.25, 0.3) is 11.5 Å². The zero-order chi connectivity index (χ0) is 21.1. The fourth-order valence-corrected chi connectivity index (χ4v) is 5.19. The largest absolute Gasteiger partial charge is 0.321 e. The molecule has 0 bridgehead atoms. The minimum Gasteiger partial charge on any atom is -0.321 e. The van der Waals surface area contributed by atoms with Crippen LogP contribution in [0.25, 0.3) is 10.9 Å². The summed E-state index contributed by atoms with van der Waals surface area (Å²) in [5.74, 6) is 0.428. The molecular formula is C22H24N5O2S+. The maximum atomic E-state index is 12.7. The lowest BCUT2D eigenvalue weighted by atomic mass is 9.96. The number of amides is 1. The molecule has 0 saturated heterocycles. The number of hydrogen-bond donors (Lipinski definition) is 3. The molecule has 8 heteroatoms. The lowest BCUT2D eigenvalue weighted by molar-refractivity contribution is -0.904. The van der Waals surface area contributed by atoms with E-state index in [0.29, 0.717) is 40.4 Å². The van der Waals surface area contributed by atoms with E-state index in [0.717, 1.165) is 36.1 Å². The van der Waals surface area contributed by atoms with Gasteiger partial charge in [-0.05, 0) is 50.3 Å². The van der Waals surface area contributed by atoms with Crippen LogP contribution in [0, 0.1) is 11.3 Å². The lowest BCUT2D eigenvalue weighted by Gasteiger charge is -2.16. The van der Waals surface area contributed by atoms with Gasteiger partial charge in [-0.25, -0.2) is 4.98 Å². The van der Waals surface area contributed by atoms with Crippen LogP contribution in [0.5, 0.6) is 0 Å². The molecule has 3 N–H and O–H groups in total. The van der Waals surface area contributed by atoms with Crippen molar-refractivity contribution in [3.8, 4) is 6.07 Å². The van der Waals surface area contributed by atoms with Crippen molar-refractivity contribution in [1.29, 1.82) is 5.26 Å². The van der Waals surface area contributed by atoms with Crippen molar-refractivity contribution in [3.63, 3.8) is 0 Å². The fourth-order valence-electron chi connectivity index (χ4n) is 3.94. The molecule has 7 nitrogen and oxygen atoms in total. The Balaban J connectivity index is 1.47. The second kappa shape index (κ2) is 8.78. The molecule has 0 fully saturated rings. The predicted molar refractivity (Wildman–Crippen MR) is 117 cm³/mol. The van der Waals surface area contributed by atoms with Gasteiger partial charge in [0.1, 0.15) is 17.6 Å². The second-order valence-corrected chi connectivity index (χ2v) is 8.67. The van der Waals surface area contributed by atoms with Crippen molar-refractivity contribution in [3.05, 3.63) is 56.4 Å². The summed E-state index contributed by atoms with van der Waals surface area (Å²) in [6.45, 7) is 3.37. The average molecular weight is 423 g/mol. The zero-order valence-corrected chi connectivity index (χ0v) is 17.7. The summed E-state index contributed by atoms with van der Waals surface area (Å²) in [4.78, 5) is 34.6.